The normalized spacial score (nSPS) is 11.1. The predicted octanol–water partition coefficient (Wildman–Crippen LogP) is 3.30. The Labute approximate surface area is 85.4 Å². The quantitative estimate of drug-likeness (QED) is 0.679. The molecule has 0 atom stereocenters. The topological polar surface area (TPSA) is 4.93 Å². The second-order valence-corrected chi connectivity index (χ2v) is 3.71. The van der Waals surface area contributed by atoms with Crippen LogP contribution in [-0.4, -0.2) is 4.57 Å². The van der Waals surface area contributed by atoms with Crippen LogP contribution in [0.15, 0.2) is 24.3 Å². The standard InChI is InChI=1S/C13H17N/c1-4-10-11-8-6-7-9-13(11)14(3)12(10)5-2/h6-9H,4-5H2,1-3H3. The molecule has 0 unspecified atom stereocenters. The highest BCUT2D eigenvalue weighted by Crippen LogP contribution is 2.25. The van der Waals surface area contributed by atoms with Crippen molar-refractivity contribution in [3.63, 3.8) is 0 Å². The molecular formula is C13H17N. The van der Waals surface area contributed by atoms with Gasteiger partial charge >= 0.3 is 0 Å². The van der Waals surface area contributed by atoms with Gasteiger partial charge in [0.2, 0.25) is 0 Å². The van der Waals surface area contributed by atoms with Gasteiger partial charge in [-0.1, -0.05) is 32.0 Å². The molecule has 74 valence electrons. The lowest BCUT2D eigenvalue weighted by Crippen LogP contribution is -1.96. The van der Waals surface area contributed by atoms with Gasteiger partial charge in [0.25, 0.3) is 0 Å². The fourth-order valence-corrected chi connectivity index (χ4v) is 2.37. The average Bonchev–Trinajstić information content (AvgIpc) is 2.51. The minimum Gasteiger partial charge on any atom is -0.347 e. The number of aromatic nitrogens is 1. The first-order chi connectivity index (χ1) is 6.79. The number of para-hydroxylation sites is 1. The number of aryl methyl sites for hydroxylation is 2. The van der Waals surface area contributed by atoms with Crippen LogP contribution < -0.4 is 0 Å². The van der Waals surface area contributed by atoms with Crippen LogP contribution in [0.5, 0.6) is 0 Å². The first-order valence-corrected chi connectivity index (χ1v) is 5.34. The van der Waals surface area contributed by atoms with Crippen molar-refractivity contribution < 1.29 is 0 Å². The highest BCUT2D eigenvalue weighted by atomic mass is 14.9. The monoisotopic (exact) mass is 187 g/mol. The Kier molecular flexibility index (Phi) is 2.32. The van der Waals surface area contributed by atoms with Crippen LogP contribution in [0.25, 0.3) is 10.9 Å². The molecule has 1 heteroatoms. The molecule has 0 N–H and O–H groups in total. The zero-order valence-corrected chi connectivity index (χ0v) is 9.17. The Hall–Kier alpha value is -1.24. The highest BCUT2D eigenvalue weighted by Gasteiger charge is 2.10. The maximum absolute atomic E-state index is 2.33. The van der Waals surface area contributed by atoms with E-state index in [0.29, 0.717) is 0 Å². The van der Waals surface area contributed by atoms with Crippen LogP contribution in [0.4, 0.5) is 0 Å². The van der Waals surface area contributed by atoms with E-state index in [2.05, 4.69) is 49.7 Å². The van der Waals surface area contributed by atoms with E-state index < -0.39 is 0 Å². The van der Waals surface area contributed by atoms with Gasteiger partial charge in [0.1, 0.15) is 0 Å². The molecule has 0 bridgehead atoms. The second kappa shape index (κ2) is 3.49. The Balaban J connectivity index is 2.84. The first-order valence-electron chi connectivity index (χ1n) is 5.34. The Bertz CT molecular complexity index is 451. The molecule has 0 amide bonds. The third-order valence-electron chi connectivity index (χ3n) is 3.03. The molecule has 1 aromatic carbocycles. The lowest BCUT2D eigenvalue weighted by molar-refractivity contribution is 0.846. The van der Waals surface area contributed by atoms with Gasteiger partial charge in [0, 0.05) is 23.6 Å². The molecule has 0 radical (unpaired) electrons. The first kappa shape index (κ1) is 9.32. The lowest BCUT2D eigenvalue weighted by Gasteiger charge is -2.02. The smallest absolute Gasteiger partial charge is 0.0482 e. The van der Waals surface area contributed by atoms with E-state index in [4.69, 9.17) is 0 Å². The van der Waals surface area contributed by atoms with Crippen LogP contribution >= 0.6 is 0 Å². The minimum atomic E-state index is 1.12. The largest absolute Gasteiger partial charge is 0.347 e. The lowest BCUT2D eigenvalue weighted by atomic mass is 10.1. The molecule has 1 heterocycles. The third kappa shape index (κ3) is 1.16. The van der Waals surface area contributed by atoms with Gasteiger partial charge < -0.3 is 4.57 Å². The fraction of sp³-hybridized carbons (Fsp3) is 0.385. The number of benzene rings is 1. The summed E-state index contributed by atoms with van der Waals surface area (Å²) in [6.45, 7) is 4.47. The molecule has 0 saturated carbocycles. The molecule has 2 aromatic rings. The summed E-state index contributed by atoms with van der Waals surface area (Å²) in [6.07, 6.45) is 2.25. The van der Waals surface area contributed by atoms with Crippen molar-refractivity contribution in [2.45, 2.75) is 26.7 Å². The maximum Gasteiger partial charge on any atom is 0.0482 e. The fourth-order valence-electron chi connectivity index (χ4n) is 2.37. The van der Waals surface area contributed by atoms with Crippen molar-refractivity contribution >= 4 is 10.9 Å². The summed E-state index contributed by atoms with van der Waals surface area (Å²) < 4.78 is 2.33. The van der Waals surface area contributed by atoms with E-state index in [-0.39, 0.29) is 0 Å². The van der Waals surface area contributed by atoms with E-state index in [0.717, 1.165) is 12.8 Å². The van der Waals surface area contributed by atoms with E-state index in [1.54, 1.807) is 0 Å². The van der Waals surface area contributed by atoms with Crippen molar-refractivity contribution in [1.82, 2.24) is 4.57 Å². The Morgan fingerprint density at radius 2 is 1.79 bits per heavy atom. The van der Waals surface area contributed by atoms with Crippen molar-refractivity contribution in [2.24, 2.45) is 7.05 Å². The maximum atomic E-state index is 2.33. The van der Waals surface area contributed by atoms with E-state index in [1.165, 1.54) is 22.2 Å². The molecule has 0 spiro atoms. The summed E-state index contributed by atoms with van der Waals surface area (Å²) in [5, 5.41) is 1.43. The summed E-state index contributed by atoms with van der Waals surface area (Å²) in [6, 6.07) is 8.67. The van der Waals surface area contributed by atoms with Crippen molar-refractivity contribution in [2.75, 3.05) is 0 Å². The predicted molar refractivity (Wildman–Crippen MR) is 61.7 cm³/mol. The van der Waals surface area contributed by atoms with Gasteiger partial charge in [-0.15, -0.1) is 0 Å². The summed E-state index contributed by atoms with van der Waals surface area (Å²) in [5.74, 6) is 0. The van der Waals surface area contributed by atoms with Crippen molar-refractivity contribution in [1.29, 1.82) is 0 Å². The summed E-state index contributed by atoms with van der Waals surface area (Å²) in [7, 11) is 2.17. The van der Waals surface area contributed by atoms with Crippen LogP contribution in [0.3, 0.4) is 0 Å². The molecular weight excluding hydrogens is 170 g/mol. The van der Waals surface area contributed by atoms with Crippen LogP contribution in [0.2, 0.25) is 0 Å². The van der Waals surface area contributed by atoms with Crippen molar-refractivity contribution in [3.8, 4) is 0 Å². The number of rotatable bonds is 2. The third-order valence-corrected chi connectivity index (χ3v) is 3.03. The molecule has 0 saturated heterocycles. The summed E-state index contributed by atoms with van der Waals surface area (Å²) in [4.78, 5) is 0. The van der Waals surface area contributed by atoms with Gasteiger partial charge in [-0.25, -0.2) is 0 Å². The number of fused-ring (bicyclic) bond motifs is 1. The molecule has 0 aliphatic heterocycles. The molecule has 1 aromatic heterocycles. The second-order valence-electron chi connectivity index (χ2n) is 3.71. The van der Waals surface area contributed by atoms with Crippen LogP contribution in [-0.2, 0) is 19.9 Å². The van der Waals surface area contributed by atoms with Crippen LogP contribution in [0, 0.1) is 0 Å². The molecule has 0 aliphatic rings. The van der Waals surface area contributed by atoms with E-state index in [9.17, 15) is 0 Å². The SMILES string of the molecule is CCc1c(CC)n(C)c2ccccc12. The number of hydrogen-bond acceptors (Lipinski definition) is 0. The van der Waals surface area contributed by atoms with Gasteiger partial charge in [0.15, 0.2) is 0 Å². The molecule has 1 nitrogen and oxygen atoms in total. The zero-order valence-electron chi connectivity index (χ0n) is 9.17. The van der Waals surface area contributed by atoms with Gasteiger partial charge in [-0.05, 0) is 24.5 Å². The van der Waals surface area contributed by atoms with E-state index >= 15 is 0 Å². The Morgan fingerprint density at radius 1 is 1.07 bits per heavy atom. The van der Waals surface area contributed by atoms with Crippen LogP contribution in [0.1, 0.15) is 25.1 Å². The summed E-state index contributed by atoms with van der Waals surface area (Å²) in [5.41, 5.74) is 4.36. The Morgan fingerprint density at radius 3 is 2.43 bits per heavy atom. The zero-order chi connectivity index (χ0) is 10.1. The molecule has 0 aliphatic carbocycles. The number of hydrogen-bond donors (Lipinski definition) is 0. The molecule has 0 fully saturated rings. The van der Waals surface area contributed by atoms with Gasteiger partial charge in [-0.3, -0.25) is 0 Å². The van der Waals surface area contributed by atoms with Crippen molar-refractivity contribution in [3.05, 3.63) is 35.5 Å². The average molecular weight is 187 g/mol. The van der Waals surface area contributed by atoms with E-state index in [1.807, 2.05) is 0 Å². The van der Waals surface area contributed by atoms with Gasteiger partial charge in [-0.2, -0.15) is 0 Å². The molecule has 2 rings (SSSR count). The highest BCUT2D eigenvalue weighted by molar-refractivity contribution is 5.85. The van der Waals surface area contributed by atoms with Gasteiger partial charge in [0.05, 0.1) is 0 Å². The number of nitrogens with zero attached hydrogens (tertiary/aromatic N) is 1. The minimum absolute atomic E-state index is 1.12. The summed E-state index contributed by atoms with van der Waals surface area (Å²) >= 11 is 0. The molecule has 14 heavy (non-hydrogen) atoms.